The van der Waals surface area contributed by atoms with E-state index in [2.05, 4.69) is 81.4 Å². The molecule has 0 aromatic carbocycles. The maximum Gasteiger partial charge on any atom is 4.00 e. The molecule has 0 saturated heterocycles. The third-order valence-corrected chi connectivity index (χ3v) is 5.54. The van der Waals surface area contributed by atoms with Crippen molar-refractivity contribution < 1.29 is 55.9 Å². The average Bonchev–Trinajstić information content (AvgIpc) is 2.78. The maximum atomic E-state index is 3.52. The fraction of sp³-hybridized carbons (Fsp3) is 0.636. The zero-order valence-corrected chi connectivity index (χ0v) is 23.3. The second kappa shape index (κ2) is 11.4. The third kappa shape index (κ3) is 6.92. The molecule has 0 unspecified atom stereocenters. The molecule has 2 aliphatic rings. The number of halogens is 2. The van der Waals surface area contributed by atoms with Gasteiger partial charge >= 0.3 is 31.1 Å². The molecule has 2 aliphatic carbocycles. The van der Waals surface area contributed by atoms with E-state index < -0.39 is 0 Å². The minimum absolute atomic E-state index is 0. The Balaban J connectivity index is -0.000000346. The average molecular weight is 607 g/mol. The van der Waals surface area contributed by atoms with Gasteiger partial charge in [0.1, 0.15) is 0 Å². The zero-order valence-electron chi connectivity index (χ0n) is 17.7. The van der Waals surface area contributed by atoms with Crippen molar-refractivity contribution in [2.24, 2.45) is 10.8 Å². The molecule has 0 aliphatic heterocycles. The first-order valence-corrected chi connectivity index (χ1v) is 8.62. The summed E-state index contributed by atoms with van der Waals surface area (Å²) in [5.74, 6) is 0. The van der Waals surface area contributed by atoms with Crippen LogP contribution in [0.3, 0.4) is 0 Å². The number of hydrogen-bond acceptors (Lipinski definition) is 0. The Morgan fingerprint density at radius 1 is 0.640 bits per heavy atom. The van der Waals surface area contributed by atoms with Crippen LogP contribution in [0.5, 0.6) is 0 Å². The molecule has 0 N–H and O–H groups in total. The summed E-state index contributed by atoms with van der Waals surface area (Å²) in [7, 11) is 0. The van der Waals surface area contributed by atoms with Crippen molar-refractivity contribution in [2.45, 2.75) is 82.1 Å². The Morgan fingerprint density at radius 3 is 0.960 bits per heavy atom. The summed E-state index contributed by atoms with van der Waals surface area (Å²) in [6.45, 7) is 22.1. The number of rotatable bonds is 2. The van der Waals surface area contributed by atoms with Crippen LogP contribution in [-0.4, -0.2) is 0 Å². The summed E-state index contributed by atoms with van der Waals surface area (Å²) in [6.07, 6.45) is 9.28. The largest absolute Gasteiger partial charge is 4.00 e. The van der Waals surface area contributed by atoms with Crippen molar-refractivity contribution in [3.8, 4) is 0 Å². The normalized spacial score (nSPS) is 19.8. The molecule has 0 spiro atoms. The van der Waals surface area contributed by atoms with Crippen LogP contribution in [0.2, 0.25) is 0 Å². The van der Waals surface area contributed by atoms with Crippen LogP contribution in [-0.2, 0) is 0 Å². The van der Waals surface area contributed by atoms with Crippen molar-refractivity contribution in [1.29, 1.82) is 0 Å². The van der Waals surface area contributed by atoms with E-state index in [1.54, 1.807) is 0 Å². The van der Waals surface area contributed by atoms with Gasteiger partial charge in [0.2, 0.25) is 0 Å². The van der Waals surface area contributed by atoms with Gasteiger partial charge in [-0.1, -0.05) is 79.1 Å². The van der Waals surface area contributed by atoms with Gasteiger partial charge in [-0.25, -0.2) is 11.1 Å². The predicted molar refractivity (Wildman–Crippen MR) is 98.4 cm³/mol. The summed E-state index contributed by atoms with van der Waals surface area (Å²) in [5.41, 5.74) is 9.07. The summed E-state index contributed by atoms with van der Waals surface area (Å²) in [4.78, 5) is 0. The van der Waals surface area contributed by atoms with E-state index in [9.17, 15) is 0 Å². The Hall–Kier alpha value is 0.592. The minimum atomic E-state index is 0. The molecule has 0 fully saturated rings. The van der Waals surface area contributed by atoms with Crippen LogP contribution in [0, 0.1) is 54.1 Å². The van der Waals surface area contributed by atoms with Crippen LogP contribution in [0.4, 0.5) is 0 Å². The van der Waals surface area contributed by atoms with Crippen molar-refractivity contribution in [1.82, 2.24) is 0 Å². The smallest absolute Gasteiger partial charge is 1.00 e. The van der Waals surface area contributed by atoms with E-state index in [-0.39, 0.29) is 66.8 Å². The number of allylic oxidation sites excluding steroid dienone is 8. The van der Waals surface area contributed by atoms with Crippen LogP contribution in [0.15, 0.2) is 33.4 Å². The van der Waals surface area contributed by atoms with Crippen molar-refractivity contribution in [3.05, 3.63) is 45.6 Å². The molecule has 2 rings (SSSR count). The van der Waals surface area contributed by atoms with Crippen molar-refractivity contribution in [2.75, 3.05) is 0 Å². The SMILES string of the molecule is CCC1=[C-]C(C)(C)C(C)=C1C.CCC1=[C-]C(C)(C)C(C)=C1C.[Cl-].[Cl-].[U+4]. The Labute approximate surface area is 193 Å². The van der Waals surface area contributed by atoms with Crippen LogP contribution >= 0.6 is 0 Å². The fourth-order valence-corrected chi connectivity index (χ4v) is 3.23. The van der Waals surface area contributed by atoms with Crippen LogP contribution in [0.25, 0.3) is 0 Å². The molecule has 0 bridgehead atoms. The molecule has 0 nitrogen and oxygen atoms in total. The molecule has 0 heterocycles. The quantitative estimate of drug-likeness (QED) is 0.412. The second-order valence-electron chi connectivity index (χ2n) is 7.66. The Morgan fingerprint density at radius 2 is 0.880 bits per heavy atom. The van der Waals surface area contributed by atoms with Gasteiger partial charge < -0.3 is 24.8 Å². The monoisotopic (exact) mass is 606 g/mol. The first kappa shape index (κ1) is 30.3. The molecule has 0 atom stereocenters. The van der Waals surface area contributed by atoms with Crippen LogP contribution < -0.4 is 24.8 Å². The van der Waals surface area contributed by atoms with Gasteiger partial charge in [0.25, 0.3) is 0 Å². The third-order valence-electron chi connectivity index (χ3n) is 5.54. The van der Waals surface area contributed by atoms with E-state index in [4.69, 9.17) is 0 Å². The second-order valence-corrected chi connectivity index (χ2v) is 7.66. The maximum absolute atomic E-state index is 3.52. The van der Waals surface area contributed by atoms with E-state index in [0.29, 0.717) is 0 Å². The van der Waals surface area contributed by atoms with E-state index in [0.717, 1.165) is 12.8 Å². The van der Waals surface area contributed by atoms with Gasteiger partial charge in [-0.05, 0) is 0 Å². The number of hydrogen-bond donors (Lipinski definition) is 0. The topological polar surface area (TPSA) is 0 Å². The molecule has 25 heavy (non-hydrogen) atoms. The first-order valence-electron chi connectivity index (χ1n) is 8.62. The molecular formula is C22H34Cl2U. The summed E-state index contributed by atoms with van der Waals surface area (Å²) >= 11 is 0. The van der Waals surface area contributed by atoms with Gasteiger partial charge in [-0.3, -0.25) is 12.2 Å². The fourth-order valence-electron chi connectivity index (χ4n) is 3.23. The molecule has 0 amide bonds. The molecule has 3 heteroatoms. The molecule has 0 aromatic rings. The van der Waals surface area contributed by atoms with Crippen molar-refractivity contribution >= 4 is 0 Å². The Kier molecular flexibility index (Phi) is 13.9. The Bertz CT molecular complexity index is 521. The summed E-state index contributed by atoms with van der Waals surface area (Å²) < 4.78 is 0. The molecular weight excluding hydrogens is 573 g/mol. The standard InChI is InChI=1S/2C11H17.2ClH.U/c2*1-6-10-7-11(4,5)9(3)8(10)2;;;/h2*6H2,1-5H3;2*1H;/q2*-1;;;+4/p-2. The van der Waals surface area contributed by atoms with E-state index in [1.807, 2.05) is 0 Å². The van der Waals surface area contributed by atoms with E-state index >= 15 is 0 Å². The minimum Gasteiger partial charge on any atom is -1.00 e. The molecule has 0 saturated carbocycles. The first-order chi connectivity index (χ1) is 9.97. The van der Waals surface area contributed by atoms with Gasteiger partial charge in [0.05, 0.1) is 0 Å². The summed E-state index contributed by atoms with van der Waals surface area (Å²) in [5, 5.41) is 0. The molecule has 0 aromatic heterocycles. The van der Waals surface area contributed by atoms with E-state index in [1.165, 1.54) is 33.4 Å². The van der Waals surface area contributed by atoms with Gasteiger partial charge in [-0.15, -0.1) is 13.8 Å². The summed E-state index contributed by atoms with van der Waals surface area (Å²) in [6, 6.07) is 0. The molecule has 140 valence electrons. The zero-order chi connectivity index (χ0) is 17.3. The van der Waals surface area contributed by atoms with Crippen LogP contribution in [0.1, 0.15) is 82.1 Å². The van der Waals surface area contributed by atoms with Gasteiger partial charge in [0, 0.05) is 0 Å². The van der Waals surface area contributed by atoms with Gasteiger partial charge in [0.15, 0.2) is 0 Å². The van der Waals surface area contributed by atoms with Crippen molar-refractivity contribution in [3.63, 3.8) is 0 Å². The predicted octanol–water partition coefficient (Wildman–Crippen LogP) is 1.01. The van der Waals surface area contributed by atoms with Gasteiger partial charge in [-0.2, -0.15) is 22.3 Å². The molecule has 0 radical (unpaired) electrons.